The van der Waals surface area contributed by atoms with Gasteiger partial charge in [0.25, 0.3) is 0 Å². The van der Waals surface area contributed by atoms with Crippen molar-refractivity contribution in [3.63, 3.8) is 0 Å². The second-order valence-electron chi connectivity index (χ2n) is 4.84. The van der Waals surface area contributed by atoms with Crippen molar-refractivity contribution in [1.29, 1.82) is 0 Å². The van der Waals surface area contributed by atoms with Crippen molar-refractivity contribution < 1.29 is 4.21 Å². The van der Waals surface area contributed by atoms with E-state index in [0.29, 0.717) is 0 Å². The highest BCUT2D eigenvalue weighted by atomic mass is 79.9. The molecule has 17 heavy (non-hydrogen) atoms. The number of hydrogen-bond donors (Lipinski definition) is 1. The van der Waals surface area contributed by atoms with E-state index in [-0.39, 0.29) is 4.75 Å². The van der Waals surface area contributed by atoms with Crippen molar-refractivity contribution in [3.8, 4) is 0 Å². The van der Waals surface area contributed by atoms with Crippen molar-refractivity contribution in [1.82, 2.24) is 9.71 Å². The Bertz CT molecular complexity index is 390. The van der Waals surface area contributed by atoms with Crippen LogP contribution in [0, 0.1) is 0 Å². The van der Waals surface area contributed by atoms with Crippen LogP contribution in [0.4, 0.5) is 0 Å². The maximum absolute atomic E-state index is 11.7. The molecular formula is C12H19BrN2OS. The lowest BCUT2D eigenvalue weighted by Gasteiger charge is -2.17. The summed E-state index contributed by atoms with van der Waals surface area (Å²) in [6.45, 7) is 6.64. The number of aryl methyl sites for hydroxylation is 1. The molecule has 1 N–H and O–H groups in total. The van der Waals surface area contributed by atoms with Crippen molar-refractivity contribution >= 4 is 26.9 Å². The van der Waals surface area contributed by atoms with Gasteiger partial charge in [-0.15, -0.1) is 0 Å². The van der Waals surface area contributed by atoms with Crippen LogP contribution in [0.5, 0.6) is 0 Å². The molecule has 1 aromatic heterocycles. The monoisotopic (exact) mass is 318 g/mol. The number of rotatable bonds is 5. The van der Waals surface area contributed by atoms with Crippen LogP contribution in [0.25, 0.3) is 0 Å². The van der Waals surface area contributed by atoms with E-state index in [1.807, 2.05) is 32.9 Å². The fourth-order valence-electron chi connectivity index (χ4n) is 1.24. The van der Waals surface area contributed by atoms with Crippen LogP contribution in [-0.4, -0.2) is 20.5 Å². The highest BCUT2D eigenvalue weighted by molar-refractivity contribution is 9.10. The minimum Gasteiger partial charge on any atom is -0.261 e. The molecule has 1 unspecified atom stereocenters. The van der Waals surface area contributed by atoms with Crippen LogP contribution in [0.1, 0.15) is 32.9 Å². The van der Waals surface area contributed by atoms with Gasteiger partial charge >= 0.3 is 0 Å². The molecule has 0 bridgehead atoms. The number of halogens is 1. The lowest BCUT2D eigenvalue weighted by molar-refractivity contribution is 0.630. The third kappa shape index (κ3) is 5.75. The second-order valence-corrected chi connectivity index (χ2v) is 7.81. The Balaban J connectivity index is 2.28. The Morgan fingerprint density at radius 1 is 1.47 bits per heavy atom. The average Bonchev–Trinajstić information content (AvgIpc) is 2.23. The van der Waals surface area contributed by atoms with Crippen LogP contribution in [0.3, 0.4) is 0 Å². The summed E-state index contributed by atoms with van der Waals surface area (Å²) < 4.78 is 15.6. The van der Waals surface area contributed by atoms with Crippen LogP contribution < -0.4 is 4.72 Å². The van der Waals surface area contributed by atoms with Crippen LogP contribution >= 0.6 is 15.9 Å². The van der Waals surface area contributed by atoms with Gasteiger partial charge in [0.1, 0.15) is 0 Å². The molecule has 1 rings (SSSR count). The summed E-state index contributed by atoms with van der Waals surface area (Å²) in [4.78, 5) is 4.27. The number of aromatic nitrogens is 1. The lowest BCUT2D eigenvalue weighted by atomic mass is 10.2. The molecule has 1 atom stereocenters. The van der Waals surface area contributed by atoms with Crippen molar-refractivity contribution in [2.45, 2.75) is 38.4 Å². The van der Waals surface area contributed by atoms with E-state index in [1.165, 1.54) is 0 Å². The van der Waals surface area contributed by atoms with E-state index < -0.39 is 11.0 Å². The van der Waals surface area contributed by atoms with Gasteiger partial charge in [0.2, 0.25) is 0 Å². The van der Waals surface area contributed by atoms with Gasteiger partial charge in [-0.1, -0.05) is 15.9 Å². The molecule has 5 heteroatoms. The van der Waals surface area contributed by atoms with Crippen LogP contribution in [0.2, 0.25) is 0 Å². The predicted molar refractivity (Wildman–Crippen MR) is 76.2 cm³/mol. The van der Waals surface area contributed by atoms with E-state index in [2.05, 4.69) is 25.6 Å². The first kappa shape index (κ1) is 14.8. The summed E-state index contributed by atoms with van der Waals surface area (Å²) in [5.41, 5.74) is 1.06. The topological polar surface area (TPSA) is 42.0 Å². The molecule has 0 spiro atoms. The lowest BCUT2D eigenvalue weighted by Crippen LogP contribution is -2.33. The molecule has 96 valence electrons. The fraction of sp³-hybridized carbons (Fsp3) is 0.583. The SMILES string of the molecule is CC(C)(C)S(=O)NCCCc1cc(Br)ccn1. The Morgan fingerprint density at radius 2 is 2.18 bits per heavy atom. The first-order valence-corrected chi connectivity index (χ1v) is 7.59. The highest BCUT2D eigenvalue weighted by Crippen LogP contribution is 2.11. The molecule has 0 saturated heterocycles. The number of pyridine rings is 1. The maximum Gasteiger partial charge on any atom is 0.0970 e. The molecule has 0 aliphatic rings. The van der Waals surface area contributed by atoms with Crippen molar-refractivity contribution in [2.24, 2.45) is 0 Å². The normalized spacial score (nSPS) is 13.6. The zero-order valence-electron chi connectivity index (χ0n) is 10.5. The third-order valence-corrected chi connectivity index (χ3v) is 4.25. The molecule has 3 nitrogen and oxygen atoms in total. The summed E-state index contributed by atoms with van der Waals surface area (Å²) in [6.07, 6.45) is 3.62. The molecule has 0 aliphatic heterocycles. The Hall–Kier alpha value is -0.260. The Kier molecular flexibility index (Phi) is 5.76. The summed E-state index contributed by atoms with van der Waals surface area (Å²) in [7, 11) is -0.979. The summed E-state index contributed by atoms with van der Waals surface area (Å²) in [5.74, 6) is 0. The van der Waals surface area contributed by atoms with E-state index in [0.717, 1.165) is 29.6 Å². The highest BCUT2D eigenvalue weighted by Gasteiger charge is 2.18. The second kappa shape index (κ2) is 6.61. The molecule has 0 saturated carbocycles. The maximum atomic E-state index is 11.7. The predicted octanol–water partition coefficient (Wildman–Crippen LogP) is 2.83. The van der Waals surface area contributed by atoms with Gasteiger partial charge in [-0.05, 0) is 45.7 Å². The first-order valence-electron chi connectivity index (χ1n) is 5.65. The van der Waals surface area contributed by atoms with Crippen LogP contribution in [0.15, 0.2) is 22.8 Å². The number of hydrogen-bond acceptors (Lipinski definition) is 2. The molecule has 0 radical (unpaired) electrons. The van der Waals surface area contributed by atoms with Gasteiger partial charge in [0.05, 0.1) is 15.7 Å². The molecule has 0 aliphatic carbocycles. The standard InChI is InChI=1S/C12H19BrN2OS/c1-12(2,3)17(16)15-7-4-5-11-9-10(13)6-8-14-11/h6,8-9,15H,4-5,7H2,1-3H3. The number of nitrogens with one attached hydrogen (secondary N) is 1. The Morgan fingerprint density at radius 3 is 2.76 bits per heavy atom. The quantitative estimate of drug-likeness (QED) is 0.848. The van der Waals surface area contributed by atoms with Crippen molar-refractivity contribution in [3.05, 3.63) is 28.5 Å². The molecule has 0 aromatic carbocycles. The van der Waals surface area contributed by atoms with Gasteiger partial charge in [-0.3, -0.25) is 4.98 Å². The summed E-state index contributed by atoms with van der Waals surface area (Å²) >= 11 is 3.42. The summed E-state index contributed by atoms with van der Waals surface area (Å²) in [6, 6.07) is 3.93. The van der Waals surface area contributed by atoms with Gasteiger partial charge in [-0.25, -0.2) is 8.93 Å². The fourth-order valence-corrected chi connectivity index (χ4v) is 2.38. The molecule has 1 heterocycles. The number of nitrogens with zero attached hydrogens (tertiary/aromatic N) is 1. The van der Waals surface area contributed by atoms with E-state index in [4.69, 9.17) is 0 Å². The molecule has 0 amide bonds. The van der Waals surface area contributed by atoms with Crippen molar-refractivity contribution in [2.75, 3.05) is 6.54 Å². The third-order valence-electron chi connectivity index (χ3n) is 2.18. The molecular weight excluding hydrogens is 300 g/mol. The largest absolute Gasteiger partial charge is 0.261 e. The minimum atomic E-state index is -0.979. The zero-order chi connectivity index (χ0) is 12.9. The van der Waals surface area contributed by atoms with Gasteiger partial charge in [0, 0.05) is 22.9 Å². The summed E-state index contributed by atoms with van der Waals surface area (Å²) in [5, 5.41) is 0. The van der Waals surface area contributed by atoms with E-state index in [9.17, 15) is 4.21 Å². The smallest absolute Gasteiger partial charge is 0.0970 e. The minimum absolute atomic E-state index is 0.200. The molecule has 1 aromatic rings. The first-order chi connectivity index (χ1) is 7.89. The van der Waals surface area contributed by atoms with Gasteiger partial charge in [-0.2, -0.15) is 0 Å². The van der Waals surface area contributed by atoms with E-state index >= 15 is 0 Å². The van der Waals surface area contributed by atoms with Gasteiger partial charge < -0.3 is 0 Å². The Labute approximate surface area is 114 Å². The zero-order valence-corrected chi connectivity index (χ0v) is 12.9. The van der Waals surface area contributed by atoms with E-state index in [1.54, 1.807) is 6.20 Å². The van der Waals surface area contributed by atoms with Crippen LogP contribution in [-0.2, 0) is 17.4 Å². The van der Waals surface area contributed by atoms with Gasteiger partial charge in [0.15, 0.2) is 0 Å². The average molecular weight is 319 g/mol. The molecule has 0 fully saturated rings.